The van der Waals surface area contributed by atoms with Gasteiger partial charge >= 0.3 is 0 Å². The number of aromatic nitrogens is 1. The molecule has 19 heavy (non-hydrogen) atoms. The number of hydrogen-bond acceptors (Lipinski definition) is 6. The van der Waals surface area contributed by atoms with E-state index in [4.69, 9.17) is 5.84 Å². The molecule has 0 aliphatic rings. The van der Waals surface area contributed by atoms with Gasteiger partial charge in [-0.15, -0.1) is 22.7 Å². The minimum atomic E-state index is -0.201. The SMILES string of the molecule is Cc1nc(CCc2ccc(CSC(=O)NN)s2)cs1. The van der Waals surface area contributed by atoms with E-state index in [1.54, 1.807) is 22.7 Å². The van der Waals surface area contributed by atoms with Crippen LogP contribution in [0.3, 0.4) is 0 Å². The molecular formula is C12H15N3OS3. The van der Waals surface area contributed by atoms with Crippen molar-refractivity contribution >= 4 is 39.7 Å². The van der Waals surface area contributed by atoms with Crippen molar-refractivity contribution in [3.05, 3.63) is 38.0 Å². The first-order valence-corrected chi connectivity index (χ1v) is 8.47. The highest BCUT2D eigenvalue weighted by Crippen LogP contribution is 2.23. The number of aryl methyl sites for hydroxylation is 3. The van der Waals surface area contributed by atoms with Crippen LogP contribution in [0.25, 0.3) is 0 Å². The number of hydrogen-bond donors (Lipinski definition) is 2. The van der Waals surface area contributed by atoms with Crippen LogP contribution >= 0.6 is 34.4 Å². The lowest BCUT2D eigenvalue weighted by atomic mass is 10.2. The number of nitrogens with two attached hydrogens (primary N) is 1. The Kier molecular flexibility index (Phi) is 5.38. The molecule has 7 heteroatoms. The molecule has 3 N–H and O–H groups in total. The summed E-state index contributed by atoms with van der Waals surface area (Å²) in [6.07, 6.45) is 1.97. The van der Waals surface area contributed by atoms with E-state index < -0.39 is 0 Å². The molecule has 0 bridgehead atoms. The molecule has 0 saturated heterocycles. The van der Waals surface area contributed by atoms with Crippen molar-refractivity contribution in [1.29, 1.82) is 0 Å². The fourth-order valence-corrected chi connectivity index (χ4v) is 3.91. The highest BCUT2D eigenvalue weighted by molar-refractivity contribution is 8.12. The zero-order chi connectivity index (χ0) is 13.7. The highest BCUT2D eigenvalue weighted by atomic mass is 32.2. The van der Waals surface area contributed by atoms with Gasteiger partial charge in [0.1, 0.15) is 0 Å². The highest BCUT2D eigenvalue weighted by Gasteiger charge is 2.05. The lowest BCUT2D eigenvalue weighted by molar-refractivity contribution is 0.261. The zero-order valence-electron chi connectivity index (χ0n) is 10.5. The molecule has 0 atom stereocenters. The number of thiophene rings is 1. The molecule has 2 aromatic heterocycles. The van der Waals surface area contributed by atoms with Gasteiger partial charge < -0.3 is 0 Å². The number of hydrazine groups is 1. The van der Waals surface area contributed by atoms with Crippen molar-refractivity contribution in [2.24, 2.45) is 5.84 Å². The number of rotatable bonds is 5. The minimum Gasteiger partial charge on any atom is -0.285 e. The normalized spacial score (nSPS) is 10.6. The Balaban J connectivity index is 1.82. The van der Waals surface area contributed by atoms with Gasteiger partial charge in [-0.1, -0.05) is 11.8 Å². The second-order valence-corrected chi connectivity index (χ2v) is 7.21. The number of thiazole rings is 1. The summed E-state index contributed by atoms with van der Waals surface area (Å²) in [6.45, 7) is 2.02. The quantitative estimate of drug-likeness (QED) is 0.505. The standard InChI is InChI=1S/C12H15N3OS3/c1-8-14-9(6-17-8)2-3-10-4-5-11(19-10)7-18-12(16)15-13/h4-6H,2-3,7,13H2,1H3,(H,15,16). The average molecular weight is 313 g/mol. The average Bonchev–Trinajstić information content (AvgIpc) is 3.02. The Morgan fingerprint density at radius 3 is 2.89 bits per heavy atom. The predicted octanol–water partition coefficient (Wildman–Crippen LogP) is 3.11. The lowest BCUT2D eigenvalue weighted by Gasteiger charge is -1.97. The first kappa shape index (κ1) is 14.5. The van der Waals surface area contributed by atoms with E-state index in [1.807, 2.05) is 6.92 Å². The van der Waals surface area contributed by atoms with E-state index >= 15 is 0 Å². The maximum absolute atomic E-state index is 11.0. The molecule has 0 aromatic carbocycles. The maximum Gasteiger partial charge on any atom is 0.293 e. The van der Waals surface area contributed by atoms with Crippen LogP contribution in [0, 0.1) is 6.92 Å². The summed E-state index contributed by atoms with van der Waals surface area (Å²) >= 11 is 4.62. The number of amides is 1. The van der Waals surface area contributed by atoms with Crippen LogP contribution in [0.2, 0.25) is 0 Å². The largest absolute Gasteiger partial charge is 0.293 e. The summed E-state index contributed by atoms with van der Waals surface area (Å²) < 4.78 is 0. The summed E-state index contributed by atoms with van der Waals surface area (Å²) in [5.41, 5.74) is 3.27. The van der Waals surface area contributed by atoms with E-state index in [2.05, 4.69) is 27.9 Å². The van der Waals surface area contributed by atoms with Gasteiger partial charge in [0.25, 0.3) is 5.24 Å². The summed E-state index contributed by atoms with van der Waals surface area (Å²) in [6, 6.07) is 4.20. The van der Waals surface area contributed by atoms with Crippen molar-refractivity contribution in [3.63, 3.8) is 0 Å². The lowest BCUT2D eigenvalue weighted by Crippen LogP contribution is -2.25. The fourth-order valence-electron chi connectivity index (χ4n) is 1.59. The molecule has 4 nitrogen and oxygen atoms in total. The van der Waals surface area contributed by atoms with Gasteiger partial charge in [0.2, 0.25) is 0 Å². The second-order valence-electron chi connectivity index (χ2n) is 3.95. The van der Waals surface area contributed by atoms with Crippen molar-refractivity contribution in [1.82, 2.24) is 10.4 Å². The van der Waals surface area contributed by atoms with Crippen molar-refractivity contribution < 1.29 is 4.79 Å². The number of nitrogens with one attached hydrogen (secondary N) is 1. The number of carbonyl (C=O) groups is 1. The molecule has 0 radical (unpaired) electrons. The Labute approximate surface area is 124 Å². The number of nitrogens with zero attached hydrogens (tertiary/aromatic N) is 1. The smallest absolute Gasteiger partial charge is 0.285 e. The predicted molar refractivity (Wildman–Crippen MR) is 82.6 cm³/mol. The monoisotopic (exact) mass is 313 g/mol. The van der Waals surface area contributed by atoms with E-state index in [9.17, 15) is 4.79 Å². The summed E-state index contributed by atoms with van der Waals surface area (Å²) in [5.74, 6) is 5.70. The van der Waals surface area contributed by atoms with Gasteiger partial charge in [-0.2, -0.15) is 0 Å². The molecule has 0 saturated carbocycles. The Hall–Kier alpha value is -0.890. The molecule has 0 fully saturated rings. The minimum absolute atomic E-state index is 0.201. The van der Waals surface area contributed by atoms with Crippen LogP contribution in [0.4, 0.5) is 4.79 Å². The molecule has 0 aliphatic heterocycles. The molecule has 0 unspecified atom stereocenters. The van der Waals surface area contributed by atoms with Crippen LogP contribution < -0.4 is 11.3 Å². The third-order valence-electron chi connectivity index (χ3n) is 2.47. The fraction of sp³-hybridized carbons (Fsp3) is 0.333. The second kappa shape index (κ2) is 7.04. The number of carbonyl (C=O) groups excluding carboxylic acids is 1. The topological polar surface area (TPSA) is 68.0 Å². The van der Waals surface area contributed by atoms with Gasteiger partial charge in [-0.25, -0.2) is 10.8 Å². The van der Waals surface area contributed by atoms with Gasteiger partial charge in [0.05, 0.1) is 10.7 Å². The van der Waals surface area contributed by atoms with Crippen LogP contribution in [0.5, 0.6) is 0 Å². The van der Waals surface area contributed by atoms with Crippen LogP contribution in [-0.2, 0) is 18.6 Å². The van der Waals surface area contributed by atoms with Gasteiger partial charge in [-0.3, -0.25) is 10.2 Å². The third-order valence-corrected chi connectivity index (χ3v) is 5.46. The van der Waals surface area contributed by atoms with E-state index in [0.29, 0.717) is 5.75 Å². The first-order valence-electron chi connectivity index (χ1n) is 5.79. The Bertz CT molecular complexity index is 550. The first-order chi connectivity index (χ1) is 9.17. The summed E-state index contributed by atoms with van der Waals surface area (Å²) in [7, 11) is 0. The molecule has 0 spiro atoms. The molecule has 2 heterocycles. The van der Waals surface area contributed by atoms with E-state index in [-0.39, 0.29) is 5.24 Å². The van der Waals surface area contributed by atoms with Gasteiger partial charge in [0.15, 0.2) is 0 Å². The molecule has 2 rings (SSSR count). The Morgan fingerprint density at radius 1 is 1.42 bits per heavy atom. The maximum atomic E-state index is 11.0. The van der Waals surface area contributed by atoms with Crippen molar-refractivity contribution in [3.8, 4) is 0 Å². The molecule has 2 aromatic rings. The van der Waals surface area contributed by atoms with E-state index in [0.717, 1.165) is 23.5 Å². The number of thioether (sulfide) groups is 1. The van der Waals surface area contributed by atoms with Gasteiger partial charge in [-0.05, 0) is 31.9 Å². The van der Waals surface area contributed by atoms with E-state index in [1.165, 1.54) is 21.5 Å². The zero-order valence-corrected chi connectivity index (χ0v) is 13.0. The molecular weight excluding hydrogens is 298 g/mol. The van der Waals surface area contributed by atoms with Gasteiger partial charge in [0, 0.05) is 20.9 Å². The van der Waals surface area contributed by atoms with Crippen LogP contribution in [0.15, 0.2) is 17.5 Å². The summed E-state index contributed by atoms with van der Waals surface area (Å²) in [5, 5.41) is 3.03. The Morgan fingerprint density at radius 2 is 2.21 bits per heavy atom. The van der Waals surface area contributed by atoms with Crippen LogP contribution in [0.1, 0.15) is 20.5 Å². The molecule has 0 aliphatic carbocycles. The molecule has 1 amide bonds. The third kappa shape index (κ3) is 4.61. The van der Waals surface area contributed by atoms with Crippen molar-refractivity contribution in [2.75, 3.05) is 0 Å². The van der Waals surface area contributed by atoms with Crippen molar-refractivity contribution in [2.45, 2.75) is 25.5 Å². The molecule has 102 valence electrons. The van der Waals surface area contributed by atoms with Crippen LogP contribution in [-0.4, -0.2) is 10.2 Å². The summed E-state index contributed by atoms with van der Waals surface area (Å²) in [4.78, 5) is 18.0.